The first-order valence-corrected chi connectivity index (χ1v) is 7.81. The molecule has 0 heterocycles. The summed E-state index contributed by atoms with van der Waals surface area (Å²) < 4.78 is 122. The van der Waals surface area contributed by atoms with Crippen molar-refractivity contribution in [3.8, 4) is 0 Å². The van der Waals surface area contributed by atoms with Crippen molar-refractivity contribution in [3.63, 3.8) is 0 Å². The van der Waals surface area contributed by atoms with Gasteiger partial charge >= 0.3 is 40.8 Å². The van der Waals surface area contributed by atoms with E-state index in [2.05, 4.69) is 11.9 Å². The van der Waals surface area contributed by atoms with Crippen LogP contribution in [0.5, 0.6) is 0 Å². The van der Waals surface area contributed by atoms with Crippen LogP contribution < -0.4 is 0 Å². The van der Waals surface area contributed by atoms with Crippen LogP contribution in [0.1, 0.15) is 0 Å². The molecule has 0 aromatic heterocycles. The summed E-state index contributed by atoms with van der Waals surface area (Å²) in [6.07, 6.45) is 0. The maximum absolute atomic E-state index is 11.8. The van der Waals surface area contributed by atoms with Crippen molar-refractivity contribution in [3.05, 3.63) is 0 Å². The molecule has 4 radical (unpaired) electrons. The number of alkyl halides is 6. The van der Waals surface area contributed by atoms with Crippen molar-refractivity contribution < 1.29 is 55.0 Å². The first kappa shape index (κ1) is 18.8. The van der Waals surface area contributed by atoms with Crippen LogP contribution in [0.3, 0.4) is 0 Å². The maximum atomic E-state index is 11.8. The van der Waals surface area contributed by atoms with Crippen molar-refractivity contribution >= 4 is 40.2 Å². The summed E-state index contributed by atoms with van der Waals surface area (Å²) in [6, 6.07) is 0. The highest BCUT2D eigenvalue weighted by Crippen LogP contribution is 2.28. The lowest BCUT2D eigenvalue weighted by Gasteiger charge is -2.14. The topological polar surface area (TPSA) is 96.0 Å². The minimum atomic E-state index is -6.39. The van der Waals surface area contributed by atoms with E-state index in [9.17, 15) is 43.2 Å². The maximum Gasteiger partial charge on any atom is 0.597 e. The van der Waals surface area contributed by atoms with Gasteiger partial charge in [0.1, 0.15) is 0 Å². The van der Waals surface area contributed by atoms with Gasteiger partial charge in [0, 0.05) is 0 Å². The molecule has 0 unspecified atom stereocenters. The fourth-order valence-electron chi connectivity index (χ4n) is 0.322. The molecule has 0 aromatic rings. The van der Waals surface area contributed by atoms with E-state index >= 15 is 0 Å². The SMILES string of the molecule is O=S(=O)(O[Si](O[Si])OS(=O)(=O)C(F)(F)F)C(F)(F)F. The Kier molecular flexibility index (Phi) is 5.59. The second-order valence-electron chi connectivity index (χ2n) is 2.32. The Balaban J connectivity index is 5.12. The van der Waals surface area contributed by atoms with Crippen molar-refractivity contribution in [2.45, 2.75) is 11.0 Å². The molecule has 0 atom stereocenters. The van der Waals surface area contributed by atoms with Crippen molar-refractivity contribution in [1.29, 1.82) is 0 Å². The number of hydrogen-bond donors (Lipinski definition) is 0. The van der Waals surface area contributed by atoms with E-state index in [4.69, 9.17) is 0 Å². The normalized spacial score (nSPS) is 14.9. The highest BCUT2D eigenvalue weighted by molar-refractivity contribution is 7.89. The summed E-state index contributed by atoms with van der Waals surface area (Å²) in [4.78, 5) is 0. The van der Waals surface area contributed by atoms with E-state index in [0.717, 1.165) is 0 Å². The lowest BCUT2D eigenvalue weighted by molar-refractivity contribution is -0.0536. The van der Waals surface area contributed by atoms with Crippen LogP contribution in [-0.4, -0.2) is 47.9 Å². The molecule has 0 amide bonds. The number of halogens is 6. The van der Waals surface area contributed by atoms with E-state index < -0.39 is 40.8 Å². The first-order valence-electron chi connectivity index (χ1n) is 3.36. The lowest BCUT2D eigenvalue weighted by atomic mass is 11.6. The zero-order chi connectivity index (χ0) is 15.7. The Bertz CT molecular complexity index is 459. The molecular formula is C2F6O7S2Si2. The van der Waals surface area contributed by atoms with Gasteiger partial charge in [0.2, 0.25) is 10.5 Å². The second-order valence-corrected chi connectivity index (χ2v) is 7.71. The summed E-state index contributed by atoms with van der Waals surface area (Å²) >= 11 is 0. The summed E-state index contributed by atoms with van der Waals surface area (Å²) in [7, 11) is -15.4. The van der Waals surface area contributed by atoms with E-state index in [0.29, 0.717) is 0 Å². The average Bonchev–Trinajstić information content (AvgIpc) is 2.12. The van der Waals surface area contributed by atoms with Crippen LogP contribution in [0.4, 0.5) is 26.3 Å². The fourth-order valence-corrected chi connectivity index (χ4v) is 3.76. The molecular weight excluding hydrogens is 370 g/mol. The lowest BCUT2D eigenvalue weighted by Crippen LogP contribution is -2.40. The predicted molar refractivity (Wildman–Crippen MR) is 44.7 cm³/mol. The van der Waals surface area contributed by atoms with Crippen LogP contribution in [0.25, 0.3) is 0 Å². The summed E-state index contributed by atoms with van der Waals surface area (Å²) in [5.41, 5.74) is -12.0. The van der Waals surface area contributed by atoms with Crippen LogP contribution in [-0.2, 0) is 32.1 Å². The third kappa shape index (κ3) is 5.00. The zero-order valence-corrected chi connectivity index (χ0v) is 11.6. The van der Waals surface area contributed by atoms with Crippen LogP contribution >= 0.6 is 0 Å². The van der Waals surface area contributed by atoms with E-state index in [-0.39, 0.29) is 0 Å². The van der Waals surface area contributed by atoms with Crippen LogP contribution in [0, 0.1) is 0 Å². The Morgan fingerprint density at radius 2 is 1.05 bits per heavy atom. The minimum Gasteiger partial charge on any atom is -0.412 e. The molecule has 17 heteroatoms. The average molecular weight is 370 g/mol. The van der Waals surface area contributed by atoms with E-state index in [1.54, 1.807) is 0 Å². The van der Waals surface area contributed by atoms with Gasteiger partial charge in [0.05, 0.1) is 0 Å². The molecule has 0 aromatic carbocycles. The Labute approximate surface area is 107 Å². The van der Waals surface area contributed by atoms with Gasteiger partial charge in [-0.3, -0.25) is 0 Å². The minimum absolute atomic E-state index is 1.84. The summed E-state index contributed by atoms with van der Waals surface area (Å²) in [5, 5.41) is 0. The van der Waals surface area contributed by atoms with Gasteiger partial charge in [-0.05, 0) is 0 Å². The Morgan fingerprint density at radius 3 is 1.21 bits per heavy atom. The van der Waals surface area contributed by atoms with Gasteiger partial charge in [-0.1, -0.05) is 0 Å². The molecule has 0 spiro atoms. The third-order valence-corrected chi connectivity index (χ3v) is 5.65. The highest BCUT2D eigenvalue weighted by Gasteiger charge is 2.54. The van der Waals surface area contributed by atoms with Crippen molar-refractivity contribution in [1.82, 2.24) is 0 Å². The van der Waals surface area contributed by atoms with Gasteiger partial charge < -0.3 is 4.12 Å². The largest absolute Gasteiger partial charge is 0.597 e. The monoisotopic (exact) mass is 370 g/mol. The van der Waals surface area contributed by atoms with Gasteiger partial charge in [-0.25, -0.2) is 7.74 Å². The Hall–Kier alpha value is -0.206. The van der Waals surface area contributed by atoms with Gasteiger partial charge in [0.25, 0.3) is 0 Å². The summed E-state index contributed by atoms with van der Waals surface area (Å²) in [5.74, 6) is 0. The molecule has 0 saturated carbocycles. The van der Waals surface area contributed by atoms with E-state index in [1.807, 2.05) is 10.5 Å². The molecule has 0 aliphatic carbocycles. The van der Waals surface area contributed by atoms with Gasteiger partial charge in [-0.15, -0.1) is 0 Å². The first-order chi connectivity index (χ1) is 8.14. The van der Waals surface area contributed by atoms with Gasteiger partial charge in [0.15, 0.2) is 0 Å². The zero-order valence-electron chi connectivity index (χ0n) is 7.94. The Morgan fingerprint density at radius 1 is 0.789 bits per heavy atom. The van der Waals surface area contributed by atoms with E-state index in [1.165, 1.54) is 0 Å². The smallest absolute Gasteiger partial charge is 0.412 e. The quantitative estimate of drug-likeness (QED) is 0.376. The van der Waals surface area contributed by atoms with Crippen LogP contribution in [0.15, 0.2) is 0 Å². The molecule has 19 heavy (non-hydrogen) atoms. The molecule has 0 aliphatic heterocycles. The molecule has 0 saturated heterocycles. The molecule has 0 fully saturated rings. The molecule has 0 rings (SSSR count). The summed E-state index contributed by atoms with van der Waals surface area (Å²) in [6.45, 7) is 0. The van der Waals surface area contributed by atoms with Gasteiger partial charge in [-0.2, -0.15) is 43.2 Å². The molecule has 0 bridgehead atoms. The standard InChI is InChI=1S/C2F6O7S2Si2/c3-1(4,5)16(9,10)13-19(15-18)14-17(11,12)2(6,7)8. The fraction of sp³-hybridized carbons (Fsp3) is 1.00. The molecule has 0 aliphatic rings. The number of rotatable bonds is 5. The molecule has 112 valence electrons. The predicted octanol–water partition coefficient (Wildman–Crippen LogP) is -0.196. The highest BCUT2D eigenvalue weighted by atomic mass is 32.2. The van der Waals surface area contributed by atoms with Crippen molar-refractivity contribution in [2.75, 3.05) is 0 Å². The third-order valence-electron chi connectivity index (χ3n) is 1.01. The molecule has 0 N–H and O–H groups in total. The number of hydrogen-bond acceptors (Lipinski definition) is 7. The van der Waals surface area contributed by atoms with Crippen LogP contribution in [0.2, 0.25) is 0 Å². The molecule has 7 nitrogen and oxygen atoms in total. The second kappa shape index (κ2) is 5.65. The van der Waals surface area contributed by atoms with Crippen molar-refractivity contribution in [2.24, 2.45) is 0 Å².